The Labute approximate surface area is 101 Å². The summed E-state index contributed by atoms with van der Waals surface area (Å²) in [5, 5.41) is 3.30. The molecule has 1 saturated heterocycles. The molecule has 1 heterocycles. The molecule has 2 rings (SSSR count). The van der Waals surface area contributed by atoms with E-state index in [0.29, 0.717) is 11.7 Å². The summed E-state index contributed by atoms with van der Waals surface area (Å²) in [6, 6.07) is 7.19. The number of carbonyl (C=O) groups excluding carboxylic acids is 1. The molecule has 17 heavy (non-hydrogen) atoms. The van der Waals surface area contributed by atoms with Crippen LogP contribution in [-0.4, -0.2) is 25.2 Å². The van der Waals surface area contributed by atoms with Crippen LogP contribution in [0.4, 0.5) is 5.69 Å². The Hall–Kier alpha value is -1.55. The highest BCUT2D eigenvalue weighted by atomic mass is 16.5. The second kappa shape index (κ2) is 5.68. The average Bonchev–Trinajstić information content (AvgIpc) is 2.38. The average molecular weight is 234 g/mol. The molecule has 0 bridgehead atoms. The summed E-state index contributed by atoms with van der Waals surface area (Å²) in [6.07, 6.45) is 3.84. The number of nitrogens with two attached hydrogens (primary N) is 1. The van der Waals surface area contributed by atoms with Crippen LogP contribution in [0.1, 0.15) is 29.6 Å². The SMILES string of the molecule is NC(=O)c1ccc(NCC2CCCCO2)cc1. The van der Waals surface area contributed by atoms with Gasteiger partial charge in [-0.25, -0.2) is 0 Å². The second-order valence-corrected chi connectivity index (χ2v) is 4.31. The molecular weight excluding hydrogens is 216 g/mol. The third-order valence-electron chi connectivity index (χ3n) is 2.98. The van der Waals surface area contributed by atoms with Gasteiger partial charge in [-0.1, -0.05) is 0 Å². The van der Waals surface area contributed by atoms with Gasteiger partial charge in [0.1, 0.15) is 0 Å². The van der Waals surface area contributed by atoms with E-state index in [1.165, 1.54) is 12.8 Å². The molecule has 1 atom stereocenters. The minimum Gasteiger partial charge on any atom is -0.382 e. The molecule has 1 aromatic rings. The van der Waals surface area contributed by atoms with Crippen molar-refractivity contribution in [1.29, 1.82) is 0 Å². The first-order valence-electron chi connectivity index (χ1n) is 6.01. The molecule has 0 saturated carbocycles. The van der Waals surface area contributed by atoms with E-state index >= 15 is 0 Å². The molecule has 92 valence electrons. The Morgan fingerprint density at radius 2 is 2.12 bits per heavy atom. The third kappa shape index (κ3) is 3.46. The number of amides is 1. The summed E-state index contributed by atoms with van der Waals surface area (Å²) in [5.41, 5.74) is 6.70. The van der Waals surface area contributed by atoms with Gasteiger partial charge in [-0.15, -0.1) is 0 Å². The van der Waals surface area contributed by atoms with Gasteiger partial charge in [0, 0.05) is 24.4 Å². The van der Waals surface area contributed by atoms with Crippen molar-refractivity contribution in [1.82, 2.24) is 0 Å². The van der Waals surface area contributed by atoms with E-state index in [4.69, 9.17) is 10.5 Å². The fourth-order valence-corrected chi connectivity index (χ4v) is 1.95. The Bertz CT molecular complexity index is 370. The lowest BCUT2D eigenvalue weighted by molar-refractivity contribution is 0.0247. The van der Waals surface area contributed by atoms with E-state index in [2.05, 4.69) is 5.32 Å². The zero-order valence-electron chi connectivity index (χ0n) is 9.82. The Kier molecular flexibility index (Phi) is 3.98. The predicted molar refractivity (Wildman–Crippen MR) is 67.0 cm³/mol. The van der Waals surface area contributed by atoms with Crippen LogP contribution in [-0.2, 0) is 4.74 Å². The number of primary amides is 1. The number of hydrogen-bond acceptors (Lipinski definition) is 3. The molecule has 1 unspecified atom stereocenters. The maximum atomic E-state index is 10.9. The lowest BCUT2D eigenvalue weighted by Gasteiger charge is -2.23. The predicted octanol–water partition coefficient (Wildman–Crippen LogP) is 1.77. The standard InChI is InChI=1S/C13H18N2O2/c14-13(16)10-4-6-11(7-5-10)15-9-12-3-1-2-8-17-12/h4-7,12,15H,1-3,8-9H2,(H2,14,16). The van der Waals surface area contributed by atoms with Crippen molar-refractivity contribution in [2.45, 2.75) is 25.4 Å². The number of benzene rings is 1. The number of rotatable bonds is 4. The van der Waals surface area contributed by atoms with E-state index in [9.17, 15) is 4.79 Å². The van der Waals surface area contributed by atoms with Crippen LogP contribution in [0.5, 0.6) is 0 Å². The van der Waals surface area contributed by atoms with E-state index in [-0.39, 0.29) is 0 Å². The molecule has 0 aliphatic carbocycles. The van der Waals surface area contributed by atoms with Gasteiger partial charge in [0.15, 0.2) is 0 Å². The highest BCUT2D eigenvalue weighted by Gasteiger charge is 2.13. The van der Waals surface area contributed by atoms with Crippen LogP contribution in [0.2, 0.25) is 0 Å². The number of nitrogens with one attached hydrogen (secondary N) is 1. The van der Waals surface area contributed by atoms with E-state index in [1.54, 1.807) is 12.1 Å². The lowest BCUT2D eigenvalue weighted by atomic mass is 10.1. The topological polar surface area (TPSA) is 64.4 Å². The summed E-state index contributed by atoms with van der Waals surface area (Å²) >= 11 is 0. The van der Waals surface area contributed by atoms with Crippen molar-refractivity contribution in [2.75, 3.05) is 18.5 Å². The molecular formula is C13H18N2O2. The third-order valence-corrected chi connectivity index (χ3v) is 2.98. The fourth-order valence-electron chi connectivity index (χ4n) is 1.95. The molecule has 1 aromatic carbocycles. The minimum atomic E-state index is -0.396. The van der Waals surface area contributed by atoms with Crippen molar-refractivity contribution in [3.8, 4) is 0 Å². The van der Waals surface area contributed by atoms with Gasteiger partial charge < -0.3 is 15.8 Å². The quantitative estimate of drug-likeness (QED) is 0.834. The van der Waals surface area contributed by atoms with Crippen LogP contribution in [0.3, 0.4) is 0 Å². The van der Waals surface area contributed by atoms with Crippen LogP contribution >= 0.6 is 0 Å². The first-order valence-corrected chi connectivity index (χ1v) is 6.01. The molecule has 4 nitrogen and oxygen atoms in total. The summed E-state index contributed by atoms with van der Waals surface area (Å²) in [7, 11) is 0. The summed E-state index contributed by atoms with van der Waals surface area (Å²) in [6.45, 7) is 1.68. The summed E-state index contributed by atoms with van der Waals surface area (Å²) in [5.74, 6) is -0.396. The molecule has 1 fully saturated rings. The van der Waals surface area contributed by atoms with Gasteiger partial charge in [-0.3, -0.25) is 4.79 Å². The highest BCUT2D eigenvalue weighted by Crippen LogP contribution is 2.14. The fraction of sp³-hybridized carbons (Fsp3) is 0.462. The maximum Gasteiger partial charge on any atom is 0.248 e. The molecule has 0 aromatic heterocycles. The molecule has 4 heteroatoms. The van der Waals surface area contributed by atoms with Gasteiger partial charge in [0.05, 0.1) is 6.10 Å². The van der Waals surface area contributed by atoms with Gasteiger partial charge in [-0.05, 0) is 43.5 Å². The monoisotopic (exact) mass is 234 g/mol. The van der Waals surface area contributed by atoms with Gasteiger partial charge in [-0.2, -0.15) is 0 Å². The Balaban J connectivity index is 1.84. The van der Waals surface area contributed by atoms with Gasteiger partial charge >= 0.3 is 0 Å². The normalized spacial score (nSPS) is 19.9. The largest absolute Gasteiger partial charge is 0.382 e. The van der Waals surface area contributed by atoms with Gasteiger partial charge in [0.2, 0.25) is 5.91 Å². The number of hydrogen-bond donors (Lipinski definition) is 2. The van der Waals surface area contributed by atoms with Crippen molar-refractivity contribution >= 4 is 11.6 Å². The van der Waals surface area contributed by atoms with Crippen molar-refractivity contribution in [2.24, 2.45) is 5.73 Å². The minimum absolute atomic E-state index is 0.305. The van der Waals surface area contributed by atoms with E-state index in [1.807, 2.05) is 12.1 Å². The highest BCUT2D eigenvalue weighted by molar-refractivity contribution is 5.93. The van der Waals surface area contributed by atoms with Crippen molar-refractivity contribution < 1.29 is 9.53 Å². The lowest BCUT2D eigenvalue weighted by Crippen LogP contribution is -2.26. The first-order chi connectivity index (χ1) is 8.25. The van der Waals surface area contributed by atoms with Crippen LogP contribution < -0.4 is 11.1 Å². The number of anilines is 1. The Morgan fingerprint density at radius 1 is 1.35 bits per heavy atom. The zero-order chi connectivity index (χ0) is 12.1. The Morgan fingerprint density at radius 3 is 2.71 bits per heavy atom. The molecule has 0 spiro atoms. The maximum absolute atomic E-state index is 10.9. The van der Waals surface area contributed by atoms with Crippen LogP contribution in [0, 0.1) is 0 Å². The summed E-state index contributed by atoms with van der Waals surface area (Å²) in [4.78, 5) is 10.9. The number of ether oxygens (including phenoxy) is 1. The second-order valence-electron chi connectivity index (χ2n) is 4.31. The molecule has 3 N–H and O–H groups in total. The number of carbonyl (C=O) groups is 1. The van der Waals surface area contributed by atoms with Crippen LogP contribution in [0.25, 0.3) is 0 Å². The zero-order valence-corrected chi connectivity index (χ0v) is 9.82. The molecule has 1 aliphatic heterocycles. The molecule has 1 aliphatic rings. The first kappa shape index (κ1) is 11.9. The molecule has 1 amide bonds. The molecule has 0 radical (unpaired) electrons. The smallest absolute Gasteiger partial charge is 0.248 e. The van der Waals surface area contributed by atoms with E-state index < -0.39 is 5.91 Å². The van der Waals surface area contributed by atoms with E-state index in [0.717, 1.165) is 25.3 Å². The van der Waals surface area contributed by atoms with Crippen LogP contribution in [0.15, 0.2) is 24.3 Å². The van der Waals surface area contributed by atoms with Crippen molar-refractivity contribution in [3.63, 3.8) is 0 Å². The summed E-state index contributed by atoms with van der Waals surface area (Å²) < 4.78 is 5.63. The van der Waals surface area contributed by atoms with Gasteiger partial charge in [0.25, 0.3) is 0 Å². The van der Waals surface area contributed by atoms with Crippen molar-refractivity contribution in [3.05, 3.63) is 29.8 Å².